The van der Waals surface area contributed by atoms with Crippen molar-refractivity contribution in [3.8, 4) is 0 Å². The quantitative estimate of drug-likeness (QED) is 0.198. The van der Waals surface area contributed by atoms with Crippen LogP contribution in [0.1, 0.15) is 30.6 Å². The van der Waals surface area contributed by atoms with Gasteiger partial charge in [-0.3, -0.25) is 4.79 Å². The summed E-state index contributed by atoms with van der Waals surface area (Å²) in [7, 11) is 0. The number of halogens is 3. The maximum atomic E-state index is 13.1. The normalized spacial score (nSPS) is 11.4. The number of amides is 1. The average Bonchev–Trinajstić information content (AvgIpc) is 3.17. The molecular formula is C24H25F3N4O3S. The van der Waals surface area contributed by atoms with Crippen LogP contribution in [0.15, 0.2) is 65.3 Å². The molecule has 0 aliphatic rings. The highest BCUT2D eigenvalue weighted by molar-refractivity contribution is 7.99. The van der Waals surface area contributed by atoms with E-state index in [1.807, 2.05) is 24.5 Å². The fourth-order valence-electron chi connectivity index (χ4n) is 3.07. The van der Waals surface area contributed by atoms with Crippen LogP contribution in [-0.4, -0.2) is 39.9 Å². The average molecular weight is 507 g/mol. The number of hydrogen-bond donors (Lipinski definition) is 1. The maximum absolute atomic E-state index is 13.1. The van der Waals surface area contributed by atoms with E-state index < -0.39 is 18.1 Å². The largest absolute Gasteiger partial charge is 0.493 e. The standard InChI is InChI=1S/C24H25F3N4O3S/c1-16(2)11-13-30-20-15-18(9-10-19(20)29-23(30)35-14-6-12-28)31(34-22(33)24(25,26)27)21(32)17-7-4-3-5-8-17/h3-5,7-11,15H,6,12-14,28H2,1-2H3. The zero-order chi connectivity index (χ0) is 25.6. The summed E-state index contributed by atoms with van der Waals surface area (Å²) in [5, 5.41) is 1.07. The van der Waals surface area contributed by atoms with Gasteiger partial charge in [-0.05, 0) is 57.1 Å². The Hall–Kier alpha value is -3.31. The second-order valence-electron chi connectivity index (χ2n) is 7.79. The molecule has 0 spiro atoms. The van der Waals surface area contributed by atoms with Crippen LogP contribution >= 0.6 is 11.8 Å². The number of benzene rings is 2. The molecular weight excluding hydrogens is 481 g/mol. The highest BCUT2D eigenvalue weighted by atomic mass is 32.2. The van der Waals surface area contributed by atoms with Gasteiger partial charge in [0.2, 0.25) is 0 Å². The van der Waals surface area contributed by atoms with Crippen molar-refractivity contribution in [3.05, 3.63) is 65.7 Å². The van der Waals surface area contributed by atoms with E-state index in [1.165, 1.54) is 36.0 Å². The second-order valence-corrected chi connectivity index (χ2v) is 8.85. The molecule has 0 aliphatic carbocycles. The maximum Gasteiger partial charge on any atom is 0.493 e. The van der Waals surface area contributed by atoms with Crippen LogP contribution in [0.4, 0.5) is 18.9 Å². The lowest BCUT2D eigenvalue weighted by atomic mass is 10.2. The highest BCUT2D eigenvalue weighted by Gasteiger charge is 2.44. The summed E-state index contributed by atoms with van der Waals surface area (Å²) in [6.45, 7) is 4.89. The third kappa shape index (κ3) is 6.64. The summed E-state index contributed by atoms with van der Waals surface area (Å²) in [6.07, 6.45) is -2.51. The Labute approximate surface area is 204 Å². The molecule has 0 radical (unpaired) electrons. The van der Waals surface area contributed by atoms with E-state index in [0.717, 1.165) is 17.7 Å². The minimum Gasteiger partial charge on any atom is -0.330 e. The molecule has 0 saturated carbocycles. The number of nitrogens with two attached hydrogens (primary N) is 1. The molecule has 2 aromatic carbocycles. The molecule has 0 atom stereocenters. The van der Waals surface area contributed by atoms with E-state index in [9.17, 15) is 22.8 Å². The van der Waals surface area contributed by atoms with Gasteiger partial charge in [-0.25, -0.2) is 9.78 Å². The van der Waals surface area contributed by atoms with E-state index in [4.69, 9.17) is 5.73 Å². The van der Waals surface area contributed by atoms with Gasteiger partial charge in [0, 0.05) is 17.9 Å². The number of carbonyl (C=O) groups is 2. The summed E-state index contributed by atoms with van der Waals surface area (Å²) in [6, 6.07) is 12.0. The number of alkyl halides is 3. The predicted molar refractivity (Wildman–Crippen MR) is 129 cm³/mol. The smallest absolute Gasteiger partial charge is 0.330 e. The third-order valence-electron chi connectivity index (χ3n) is 4.80. The van der Waals surface area contributed by atoms with Crippen LogP contribution in [0.3, 0.4) is 0 Å². The van der Waals surface area contributed by atoms with E-state index in [0.29, 0.717) is 34.3 Å². The van der Waals surface area contributed by atoms with Gasteiger partial charge in [0.25, 0.3) is 5.91 Å². The van der Waals surface area contributed by atoms with Crippen LogP contribution < -0.4 is 10.8 Å². The van der Waals surface area contributed by atoms with Crippen LogP contribution in [0.5, 0.6) is 0 Å². The zero-order valence-electron chi connectivity index (χ0n) is 19.2. The molecule has 0 fully saturated rings. The number of nitrogens with zero attached hydrogens (tertiary/aromatic N) is 3. The fraction of sp³-hybridized carbons (Fsp3) is 0.292. The number of fused-ring (bicyclic) bond motifs is 1. The Balaban J connectivity index is 2.09. The van der Waals surface area contributed by atoms with Crippen molar-refractivity contribution in [2.75, 3.05) is 17.4 Å². The SMILES string of the molecule is CC(C)=CCn1c(SCCCN)nc2ccc(N(OC(=O)C(F)(F)F)C(=O)c3ccccc3)cc21. The van der Waals surface area contributed by atoms with Gasteiger partial charge in [0.15, 0.2) is 5.16 Å². The minimum absolute atomic E-state index is 0.0409. The summed E-state index contributed by atoms with van der Waals surface area (Å²) < 4.78 is 40.9. The molecule has 1 heterocycles. The molecule has 1 amide bonds. The molecule has 1 aromatic heterocycles. The van der Waals surface area contributed by atoms with E-state index in [-0.39, 0.29) is 11.3 Å². The molecule has 186 valence electrons. The molecule has 0 aliphatic heterocycles. The Morgan fingerprint density at radius 2 is 1.89 bits per heavy atom. The number of hydroxylamine groups is 1. The van der Waals surface area contributed by atoms with Gasteiger partial charge in [-0.15, -0.1) is 5.06 Å². The lowest BCUT2D eigenvalue weighted by Crippen LogP contribution is -2.38. The van der Waals surface area contributed by atoms with Crippen LogP contribution in [0.25, 0.3) is 11.0 Å². The molecule has 7 nitrogen and oxygen atoms in total. The van der Waals surface area contributed by atoms with Crippen LogP contribution in [0.2, 0.25) is 0 Å². The number of thioether (sulfide) groups is 1. The molecule has 0 saturated heterocycles. The van der Waals surface area contributed by atoms with Crippen molar-refractivity contribution in [3.63, 3.8) is 0 Å². The van der Waals surface area contributed by atoms with Gasteiger partial charge in [0.05, 0.1) is 16.7 Å². The first-order valence-electron chi connectivity index (χ1n) is 10.8. The lowest BCUT2D eigenvalue weighted by molar-refractivity contribution is -0.199. The monoisotopic (exact) mass is 506 g/mol. The Morgan fingerprint density at radius 1 is 1.17 bits per heavy atom. The van der Waals surface area contributed by atoms with Gasteiger partial charge in [-0.2, -0.15) is 13.2 Å². The number of aromatic nitrogens is 2. The van der Waals surface area contributed by atoms with Crippen LogP contribution in [0, 0.1) is 0 Å². The summed E-state index contributed by atoms with van der Waals surface area (Å²) in [4.78, 5) is 33.9. The summed E-state index contributed by atoms with van der Waals surface area (Å²) in [5.41, 5.74) is 7.84. The zero-order valence-corrected chi connectivity index (χ0v) is 20.0. The molecule has 11 heteroatoms. The van der Waals surface area contributed by atoms with Crippen molar-refractivity contribution in [2.24, 2.45) is 5.73 Å². The van der Waals surface area contributed by atoms with Gasteiger partial charge in [-0.1, -0.05) is 41.6 Å². The van der Waals surface area contributed by atoms with E-state index in [2.05, 4.69) is 9.82 Å². The number of hydrogen-bond acceptors (Lipinski definition) is 6. The number of carbonyl (C=O) groups excluding carboxylic acids is 2. The first kappa shape index (κ1) is 26.3. The molecule has 3 aromatic rings. The Morgan fingerprint density at radius 3 is 2.51 bits per heavy atom. The van der Waals surface area contributed by atoms with Crippen LogP contribution in [-0.2, 0) is 16.2 Å². The number of anilines is 1. The molecule has 3 rings (SSSR count). The second kappa shape index (κ2) is 11.4. The topological polar surface area (TPSA) is 90.4 Å². The van der Waals surface area contributed by atoms with Gasteiger partial charge in [0.1, 0.15) is 0 Å². The van der Waals surface area contributed by atoms with Gasteiger partial charge < -0.3 is 15.1 Å². The van der Waals surface area contributed by atoms with Crippen molar-refractivity contribution in [2.45, 2.75) is 38.1 Å². The minimum atomic E-state index is -5.28. The molecule has 0 bridgehead atoms. The fourth-order valence-corrected chi connectivity index (χ4v) is 4.05. The summed E-state index contributed by atoms with van der Waals surface area (Å²) >= 11 is 1.51. The Kier molecular flexibility index (Phi) is 8.57. The first-order chi connectivity index (χ1) is 16.6. The predicted octanol–water partition coefficient (Wildman–Crippen LogP) is 5.11. The third-order valence-corrected chi connectivity index (χ3v) is 5.87. The molecule has 0 unspecified atom stereocenters. The number of rotatable bonds is 8. The van der Waals surface area contributed by atoms with E-state index >= 15 is 0 Å². The van der Waals surface area contributed by atoms with Crippen molar-refractivity contribution < 1.29 is 27.6 Å². The van der Waals surface area contributed by atoms with Gasteiger partial charge >= 0.3 is 12.1 Å². The molecule has 35 heavy (non-hydrogen) atoms. The Bertz CT molecular complexity index is 1220. The van der Waals surface area contributed by atoms with E-state index in [1.54, 1.807) is 24.3 Å². The van der Waals surface area contributed by atoms with Crippen molar-refractivity contribution >= 4 is 40.4 Å². The highest BCUT2D eigenvalue weighted by Crippen LogP contribution is 2.30. The molecule has 2 N–H and O–H groups in total. The lowest BCUT2D eigenvalue weighted by Gasteiger charge is -2.22. The van der Waals surface area contributed by atoms with Crippen molar-refractivity contribution in [1.82, 2.24) is 9.55 Å². The first-order valence-corrected chi connectivity index (χ1v) is 11.8. The number of imidazole rings is 1. The van der Waals surface area contributed by atoms with Crippen molar-refractivity contribution in [1.29, 1.82) is 0 Å². The number of allylic oxidation sites excluding steroid dienone is 2. The summed E-state index contributed by atoms with van der Waals surface area (Å²) in [5.74, 6) is -2.68.